The van der Waals surface area contributed by atoms with Gasteiger partial charge in [-0.2, -0.15) is 9.78 Å². The molecule has 2 aliphatic rings. The van der Waals surface area contributed by atoms with Crippen LogP contribution >= 0.6 is 0 Å². The summed E-state index contributed by atoms with van der Waals surface area (Å²) >= 11 is 0. The molecule has 160 valence electrons. The number of amides is 1. The van der Waals surface area contributed by atoms with Crippen LogP contribution in [0.3, 0.4) is 0 Å². The summed E-state index contributed by atoms with van der Waals surface area (Å²) < 4.78 is 15.8. The standard InChI is InChI=1S/C24H21FN6O/c25-19-6-2-1-5-17(19)16-12-27-24(28-13-16)31-21-11-20(23(32)30-9-3-4-10-30)26-14-18(21)22(29-31)15-7-8-15/h1-2,5-6,11-15H,3-4,7-10H2. The summed E-state index contributed by atoms with van der Waals surface area (Å²) in [4.78, 5) is 28.1. The van der Waals surface area contributed by atoms with Crippen molar-refractivity contribution in [2.24, 2.45) is 0 Å². The zero-order chi connectivity index (χ0) is 21.7. The average molecular weight is 428 g/mol. The fourth-order valence-corrected chi connectivity index (χ4v) is 4.31. The van der Waals surface area contributed by atoms with Crippen LogP contribution in [0.1, 0.15) is 47.8 Å². The van der Waals surface area contributed by atoms with Crippen molar-refractivity contribution in [3.05, 3.63) is 66.1 Å². The maximum absolute atomic E-state index is 14.1. The summed E-state index contributed by atoms with van der Waals surface area (Å²) in [7, 11) is 0. The van der Waals surface area contributed by atoms with Gasteiger partial charge in [-0.05, 0) is 37.8 Å². The number of pyridine rings is 1. The van der Waals surface area contributed by atoms with E-state index >= 15 is 0 Å². The molecule has 1 aliphatic carbocycles. The molecule has 2 fully saturated rings. The monoisotopic (exact) mass is 428 g/mol. The van der Waals surface area contributed by atoms with Crippen LogP contribution in [0.15, 0.2) is 48.9 Å². The Bertz CT molecular complexity index is 1320. The Morgan fingerprint density at radius 3 is 2.47 bits per heavy atom. The van der Waals surface area contributed by atoms with E-state index in [0.29, 0.717) is 28.7 Å². The first-order valence-electron chi connectivity index (χ1n) is 10.9. The Kier molecular flexibility index (Phi) is 4.45. The van der Waals surface area contributed by atoms with Crippen molar-refractivity contribution >= 4 is 16.8 Å². The number of nitrogens with zero attached hydrogens (tertiary/aromatic N) is 6. The molecule has 1 aliphatic heterocycles. The van der Waals surface area contributed by atoms with Gasteiger partial charge in [-0.3, -0.25) is 9.78 Å². The van der Waals surface area contributed by atoms with Gasteiger partial charge in [0.15, 0.2) is 0 Å². The van der Waals surface area contributed by atoms with E-state index < -0.39 is 0 Å². The highest BCUT2D eigenvalue weighted by atomic mass is 19.1. The first-order valence-corrected chi connectivity index (χ1v) is 10.9. The summed E-state index contributed by atoms with van der Waals surface area (Å²) in [5.41, 5.74) is 3.19. The number of carbonyl (C=O) groups is 1. The number of benzene rings is 1. The minimum atomic E-state index is -0.319. The van der Waals surface area contributed by atoms with Gasteiger partial charge < -0.3 is 4.90 Å². The Labute approximate surface area is 183 Å². The second-order valence-electron chi connectivity index (χ2n) is 8.41. The van der Waals surface area contributed by atoms with Crippen LogP contribution in [0, 0.1) is 5.82 Å². The molecule has 32 heavy (non-hydrogen) atoms. The zero-order valence-electron chi connectivity index (χ0n) is 17.4. The highest BCUT2D eigenvalue weighted by Gasteiger charge is 2.31. The van der Waals surface area contributed by atoms with Gasteiger partial charge in [0.25, 0.3) is 11.9 Å². The van der Waals surface area contributed by atoms with Crippen LogP contribution in [-0.2, 0) is 0 Å². The summed E-state index contributed by atoms with van der Waals surface area (Å²) in [5, 5.41) is 5.72. The lowest BCUT2D eigenvalue weighted by atomic mass is 10.1. The first-order chi connectivity index (χ1) is 15.7. The van der Waals surface area contributed by atoms with Crippen LogP contribution in [0.5, 0.6) is 0 Å². The largest absolute Gasteiger partial charge is 0.337 e. The van der Waals surface area contributed by atoms with Gasteiger partial charge in [0.05, 0.1) is 11.2 Å². The number of hydrogen-bond acceptors (Lipinski definition) is 5. The molecule has 0 radical (unpaired) electrons. The van der Waals surface area contributed by atoms with Gasteiger partial charge in [0.2, 0.25) is 0 Å². The van der Waals surface area contributed by atoms with Gasteiger partial charge in [-0.25, -0.2) is 14.4 Å². The summed E-state index contributed by atoms with van der Waals surface area (Å²) in [5.74, 6) is 0.410. The highest BCUT2D eigenvalue weighted by Crippen LogP contribution is 2.42. The molecule has 1 aromatic carbocycles. The molecular weight excluding hydrogens is 407 g/mol. The van der Waals surface area contributed by atoms with Crippen molar-refractivity contribution in [3.63, 3.8) is 0 Å². The number of hydrogen-bond donors (Lipinski definition) is 0. The third-order valence-corrected chi connectivity index (χ3v) is 6.18. The Balaban J connectivity index is 1.43. The van der Waals surface area contributed by atoms with E-state index in [0.717, 1.165) is 55.4 Å². The topological polar surface area (TPSA) is 76.8 Å². The number of halogens is 1. The van der Waals surface area contributed by atoms with E-state index in [9.17, 15) is 9.18 Å². The third kappa shape index (κ3) is 3.23. The normalized spacial score (nSPS) is 16.1. The molecule has 1 saturated carbocycles. The molecule has 4 heterocycles. The number of fused-ring (bicyclic) bond motifs is 1. The van der Waals surface area contributed by atoms with E-state index in [4.69, 9.17) is 5.10 Å². The molecule has 0 spiro atoms. The average Bonchev–Trinajstić information content (AvgIpc) is 3.38. The molecule has 0 atom stereocenters. The van der Waals surface area contributed by atoms with Crippen molar-refractivity contribution in [3.8, 4) is 17.1 Å². The molecular formula is C24H21FN6O. The maximum Gasteiger partial charge on any atom is 0.272 e. The molecule has 0 N–H and O–H groups in total. The molecule has 8 heteroatoms. The number of likely N-dealkylation sites (tertiary alicyclic amines) is 1. The van der Waals surface area contributed by atoms with Crippen LogP contribution in [0.2, 0.25) is 0 Å². The first kappa shape index (κ1) is 19.0. The van der Waals surface area contributed by atoms with E-state index in [-0.39, 0.29) is 11.7 Å². The predicted octanol–water partition coefficient (Wildman–Crippen LogP) is 4.13. The lowest BCUT2D eigenvalue weighted by Crippen LogP contribution is -2.28. The molecule has 0 unspecified atom stereocenters. The Morgan fingerprint density at radius 2 is 1.75 bits per heavy atom. The van der Waals surface area contributed by atoms with Gasteiger partial charge >= 0.3 is 0 Å². The third-order valence-electron chi connectivity index (χ3n) is 6.18. The van der Waals surface area contributed by atoms with Crippen molar-refractivity contribution in [2.75, 3.05) is 13.1 Å². The molecule has 0 bridgehead atoms. The van der Waals surface area contributed by atoms with Crippen LogP contribution in [0.25, 0.3) is 28.0 Å². The molecule has 7 nitrogen and oxygen atoms in total. The Hall–Kier alpha value is -3.68. The molecule has 1 saturated heterocycles. The molecule has 1 amide bonds. The SMILES string of the molecule is O=C(c1cc2c(cn1)c(C1CC1)nn2-c1ncc(-c2ccccc2F)cn1)N1CCCC1. The molecule has 4 aromatic rings. The van der Waals surface area contributed by atoms with Crippen molar-refractivity contribution in [1.29, 1.82) is 0 Å². The van der Waals surface area contributed by atoms with E-state index in [1.165, 1.54) is 6.07 Å². The lowest BCUT2D eigenvalue weighted by Gasteiger charge is -2.14. The smallest absolute Gasteiger partial charge is 0.272 e. The number of carbonyl (C=O) groups excluding carboxylic acids is 1. The second-order valence-corrected chi connectivity index (χ2v) is 8.41. The van der Waals surface area contributed by atoms with Crippen LogP contribution in [-0.4, -0.2) is 48.6 Å². The van der Waals surface area contributed by atoms with Gasteiger partial charge in [0, 0.05) is 54.1 Å². The predicted molar refractivity (Wildman–Crippen MR) is 117 cm³/mol. The Morgan fingerprint density at radius 1 is 1.00 bits per heavy atom. The van der Waals surface area contributed by atoms with E-state index in [1.807, 2.05) is 4.90 Å². The minimum Gasteiger partial charge on any atom is -0.337 e. The van der Waals surface area contributed by atoms with Gasteiger partial charge in [-0.1, -0.05) is 18.2 Å². The molecule has 6 rings (SSSR count). The van der Waals surface area contributed by atoms with Crippen LogP contribution in [0.4, 0.5) is 4.39 Å². The van der Waals surface area contributed by atoms with Crippen molar-refractivity contribution in [1.82, 2.24) is 29.6 Å². The van der Waals surface area contributed by atoms with Gasteiger partial charge in [0.1, 0.15) is 11.5 Å². The lowest BCUT2D eigenvalue weighted by molar-refractivity contribution is 0.0787. The summed E-state index contributed by atoms with van der Waals surface area (Å²) in [6, 6.07) is 8.34. The number of rotatable bonds is 4. The van der Waals surface area contributed by atoms with Crippen molar-refractivity contribution in [2.45, 2.75) is 31.6 Å². The van der Waals surface area contributed by atoms with Crippen LogP contribution < -0.4 is 0 Å². The highest BCUT2D eigenvalue weighted by molar-refractivity contribution is 5.96. The fourth-order valence-electron chi connectivity index (χ4n) is 4.31. The fraction of sp³-hybridized carbons (Fsp3) is 0.292. The van der Waals surface area contributed by atoms with E-state index in [2.05, 4.69) is 15.0 Å². The zero-order valence-corrected chi connectivity index (χ0v) is 17.4. The second kappa shape index (κ2) is 7.47. The summed E-state index contributed by atoms with van der Waals surface area (Å²) in [6.07, 6.45) is 9.19. The van der Waals surface area contributed by atoms with Gasteiger partial charge in [-0.15, -0.1) is 0 Å². The summed E-state index contributed by atoms with van der Waals surface area (Å²) in [6.45, 7) is 1.54. The van der Waals surface area contributed by atoms with E-state index in [1.54, 1.807) is 47.5 Å². The van der Waals surface area contributed by atoms with Crippen molar-refractivity contribution < 1.29 is 9.18 Å². The minimum absolute atomic E-state index is 0.0547. The molecule has 3 aromatic heterocycles. The quantitative estimate of drug-likeness (QED) is 0.489. The maximum atomic E-state index is 14.1. The number of aromatic nitrogens is 5.